The van der Waals surface area contributed by atoms with Crippen LogP contribution in [0.25, 0.3) is 11.1 Å². The van der Waals surface area contributed by atoms with Crippen molar-refractivity contribution in [2.75, 3.05) is 0 Å². The summed E-state index contributed by atoms with van der Waals surface area (Å²) >= 11 is 1.54. The summed E-state index contributed by atoms with van der Waals surface area (Å²) in [5.41, 5.74) is 2.52. The molecule has 5 heteroatoms. The second-order valence-electron chi connectivity index (χ2n) is 4.04. The number of oxazole rings is 1. The number of thioether (sulfide) groups is 1. The topological polar surface area (TPSA) is 58.6 Å². The normalized spacial score (nSPS) is 22.6. The fourth-order valence-corrected chi connectivity index (χ4v) is 3.18. The fourth-order valence-electron chi connectivity index (χ4n) is 2.06. The van der Waals surface area contributed by atoms with Crippen LogP contribution in [0.3, 0.4) is 0 Å². The molecule has 3 rings (SSSR count). The van der Waals surface area contributed by atoms with Gasteiger partial charge in [0.15, 0.2) is 5.58 Å². The minimum atomic E-state index is 0.202. The van der Waals surface area contributed by atoms with Gasteiger partial charge in [-0.1, -0.05) is 29.1 Å². The predicted molar refractivity (Wildman–Crippen MR) is 66.7 cm³/mol. The van der Waals surface area contributed by atoms with Gasteiger partial charge in [-0.05, 0) is 31.4 Å². The van der Waals surface area contributed by atoms with Crippen molar-refractivity contribution in [1.82, 2.24) is 4.98 Å². The summed E-state index contributed by atoms with van der Waals surface area (Å²) in [5.74, 6) is 0. The van der Waals surface area contributed by atoms with E-state index in [2.05, 4.69) is 10.1 Å². The summed E-state index contributed by atoms with van der Waals surface area (Å²) in [6.45, 7) is 0. The highest BCUT2D eigenvalue weighted by atomic mass is 32.2. The first-order chi connectivity index (χ1) is 8.36. The fraction of sp³-hybridized carbons (Fsp3) is 0.333. The van der Waals surface area contributed by atoms with Gasteiger partial charge in [-0.25, -0.2) is 4.98 Å². The first-order valence-electron chi connectivity index (χ1n) is 5.60. The second kappa shape index (κ2) is 4.41. The molecule has 1 aliphatic carbocycles. The van der Waals surface area contributed by atoms with Gasteiger partial charge in [-0.15, -0.1) is 0 Å². The molecule has 0 spiro atoms. The van der Waals surface area contributed by atoms with Crippen LogP contribution in [0.5, 0.6) is 0 Å². The molecule has 17 heavy (non-hydrogen) atoms. The van der Waals surface area contributed by atoms with E-state index in [4.69, 9.17) is 9.62 Å². The van der Waals surface area contributed by atoms with Crippen LogP contribution in [0, 0.1) is 0 Å². The Kier molecular flexibility index (Phi) is 2.76. The van der Waals surface area contributed by atoms with Crippen molar-refractivity contribution in [3.05, 3.63) is 24.3 Å². The third kappa shape index (κ3) is 2.02. The number of hydrogen-bond acceptors (Lipinski definition) is 5. The Morgan fingerprint density at radius 2 is 2.29 bits per heavy atom. The molecule has 0 amide bonds. The van der Waals surface area contributed by atoms with Crippen LogP contribution in [-0.4, -0.2) is 21.2 Å². The van der Waals surface area contributed by atoms with Gasteiger partial charge in [0, 0.05) is 0 Å². The molecule has 1 aliphatic rings. The molecule has 1 saturated carbocycles. The monoisotopic (exact) mass is 248 g/mol. The molecule has 1 heterocycles. The Bertz CT molecular complexity index is 531. The molecule has 0 saturated heterocycles. The quantitative estimate of drug-likeness (QED) is 0.654. The van der Waals surface area contributed by atoms with Gasteiger partial charge in [0.25, 0.3) is 5.22 Å². The molecule has 0 unspecified atom stereocenters. The van der Waals surface area contributed by atoms with Crippen molar-refractivity contribution < 1.29 is 9.62 Å². The predicted octanol–water partition coefficient (Wildman–Crippen LogP) is 3.30. The number of fused-ring (bicyclic) bond motifs is 1. The summed E-state index contributed by atoms with van der Waals surface area (Å²) in [5, 5.41) is 13.1. The Morgan fingerprint density at radius 3 is 3.12 bits per heavy atom. The molecule has 0 bridgehead atoms. The van der Waals surface area contributed by atoms with E-state index in [0.29, 0.717) is 5.22 Å². The Hall–Kier alpha value is -1.49. The number of hydrogen-bond donors (Lipinski definition) is 1. The zero-order chi connectivity index (χ0) is 11.7. The highest BCUT2D eigenvalue weighted by Gasteiger charge is 2.26. The molecule has 88 valence electrons. The van der Waals surface area contributed by atoms with Gasteiger partial charge in [0.2, 0.25) is 0 Å². The van der Waals surface area contributed by atoms with Crippen molar-refractivity contribution in [3.8, 4) is 0 Å². The van der Waals surface area contributed by atoms with Crippen LogP contribution < -0.4 is 0 Å². The Labute approximate surface area is 103 Å². The molecule has 1 aromatic carbocycles. The van der Waals surface area contributed by atoms with Gasteiger partial charge < -0.3 is 9.62 Å². The molecule has 4 nitrogen and oxygen atoms in total. The lowest BCUT2D eigenvalue weighted by atomic mass is 10.3. The number of rotatable bonds is 2. The zero-order valence-electron chi connectivity index (χ0n) is 9.17. The first kappa shape index (κ1) is 10.7. The van der Waals surface area contributed by atoms with E-state index >= 15 is 0 Å². The number of para-hydroxylation sites is 2. The molecule has 1 aromatic heterocycles. The molecule has 1 N–H and O–H groups in total. The van der Waals surface area contributed by atoms with Crippen molar-refractivity contribution in [1.29, 1.82) is 0 Å². The van der Waals surface area contributed by atoms with Crippen LogP contribution >= 0.6 is 11.8 Å². The number of aromatic nitrogens is 1. The summed E-state index contributed by atoms with van der Waals surface area (Å²) in [4.78, 5) is 4.40. The van der Waals surface area contributed by atoms with E-state index < -0.39 is 0 Å². The lowest BCUT2D eigenvalue weighted by molar-refractivity contribution is 0.317. The zero-order valence-corrected chi connectivity index (χ0v) is 9.98. The van der Waals surface area contributed by atoms with Crippen LogP contribution in [-0.2, 0) is 0 Å². The molecule has 2 aromatic rings. The molecule has 0 aliphatic heterocycles. The van der Waals surface area contributed by atoms with Crippen molar-refractivity contribution in [3.63, 3.8) is 0 Å². The number of nitrogens with zero attached hydrogens (tertiary/aromatic N) is 2. The summed E-state index contributed by atoms with van der Waals surface area (Å²) in [7, 11) is 0. The SMILES string of the molecule is O/N=C1\CCC[C@H]1Sc1nc2ccccc2o1. The van der Waals surface area contributed by atoms with Crippen LogP contribution in [0.4, 0.5) is 0 Å². The lowest BCUT2D eigenvalue weighted by Crippen LogP contribution is -2.08. The summed E-state index contributed by atoms with van der Waals surface area (Å²) < 4.78 is 5.64. The standard InChI is InChI=1S/C12H12N2O2S/c15-14-9-5-3-7-11(9)17-12-13-8-4-1-2-6-10(8)16-12/h1-2,4,6,11,15H,3,5,7H2/b14-9+/t11-/m1/s1. The van der Waals surface area contributed by atoms with Crippen LogP contribution in [0.1, 0.15) is 19.3 Å². The molecule has 1 atom stereocenters. The Morgan fingerprint density at radius 1 is 1.41 bits per heavy atom. The average Bonchev–Trinajstić information content (AvgIpc) is 2.94. The van der Waals surface area contributed by atoms with E-state index in [-0.39, 0.29) is 5.25 Å². The van der Waals surface area contributed by atoms with Gasteiger partial charge in [-0.3, -0.25) is 0 Å². The minimum absolute atomic E-state index is 0.202. The van der Waals surface area contributed by atoms with Gasteiger partial charge >= 0.3 is 0 Å². The van der Waals surface area contributed by atoms with Gasteiger partial charge in [-0.2, -0.15) is 0 Å². The first-order valence-corrected chi connectivity index (χ1v) is 6.48. The van der Waals surface area contributed by atoms with E-state index in [1.807, 2.05) is 24.3 Å². The van der Waals surface area contributed by atoms with Crippen molar-refractivity contribution in [2.24, 2.45) is 5.16 Å². The highest BCUT2D eigenvalue weighted by Crippen LogP contribution is 2.34. The smallest absolute Gasteiger partial charge is 0.257 e. The van der Waals surface area contributed by atoms with Crippen LogP contribution in [0.2, 0.25) is 0 Å². The van der Waals surface area contributed by atoms with Crippen molar-refractivity contribution >= 4 is 28.6 Å². The maximum atomic E-state index is 8.88. The minimum Gasteiger partial charge on any atom is -0.431 e. The van der Waals surface area contributed by atoms with E-state index in [1.54, 1.807) is 11.8 Å². The Balaban J connectivity index is 1.85. The molecule has 0 radical (unpaired) electrons. The van der Waals surface area contributed by atoms with E-state index in [1.165, 1.54) is 0 Å². The third-order valence-corrected chi connectivity index (χ3v) is 4.09. The van der Waals surface area contributed by atoms with Gasteiger partial charge in [0.05, 0.1) is 11.0 Å². The van der Waals surface area contributed by atoms with Gasteiger partial charge in [0.1, 0.15) is 5.52 Å². The largest absolute Gasteiger partial charge is 0.431 e. The summed E-state index contributed by atoms with van der Waals surface area (Å²) in [6.07, 6.45) is 2.95. The molecule has 1 fully saturated rings. The lowest BCUT2D eigenvalue weighted by Gasteiger charge is -2.04. The number of oxime groups is 1. The van der Waals surface area contributed by atoms with Crippen LogP contribution in [0.15, 0.2) is 39.1 Å². The highest BCUT2D eigenvalue weighted by molar-refractivity contribution is 8.00. The summed E-state index contributed by atoms with van der Waals surface area (Å²) in [6, 6.07) is 7.70. The van der Waals surface area contributed by atoms with E-state index in [0.717, 1.165) is 36.1 Å². The third-order valence-electron chi connectivity index (χ3n) is 2.92. The maximum absolute atomic E-state index is 8.88. The average molecular weight is 248 g/mol. The second-order valence-corrected chi connectivity index (χ2v) is 5.19. The number of benzene rings is 1. The van der Waals surface area contributed by atoms with Crippen molar-refractivity contribution in [2.45, 2.75) is 29.7 Å². The molecular weight excluding hydrogens is 236 g/mol. The maximum Gasteiger partial charge on any atom is 0.257 e. The molecular formula is C12H12N2O2S. The van der Waals surface area contributed by atoms with E-state index in [9.17, 15) is 0 Å².